The van der Waals surface area contributed by atoms with Crippen molar-refractivity contribution >= 4 is 29.1 Å². The third kappa shape index (κ3) is 4.94. The van der Waals surface area contributed by atoms with Crippen LogP contribution in [-0.4, -0.2) is 24.2 Å². The van der Waals surface area contributed by atoms with Crippen molar-refractivity contribution in [2.75, 3.05) is 13.2 Å². The van der Waals surface area contributed by atoms with Gasteiger partial charge in [0, 0.05) is 11.6 Å². The molecule has 1 heterocycles. The van der Waals surface area contributed by atoms with Crippen LogP contribution in [0.2, 0.25) is 10.0 Å². The van der Waals surface area contributed by atoms with Crippen LogP contribution < -0.4 is 10.1 Å². The van der Waals surface area contributed by atoms with E-state index >= 15 is 0 Å². The molecule has 5 nitrogen and oxygen atoms in total. The number of hydrogen-bond donors (Lipinski definition) is 2. The van der Waals surface area contributed by atoms with Crippen molar-refractivity contribution in [3.8, 4) is 5.75 Å². The zero-order valence-electron chi connectivity index (χ0n) is 11.6. The SMILES string of the molecule is O=C(COc1ccc(Cl)cc1Cl)NCC[C@H](O)c1ccco1. The molecule has 1 atom stereocenters. The molecule has 0 aliphatic heterocycles. The van der Waals surface area contributed by atoms with Crippen LogP contribution in [0.15, 0.2) is 41.0 Å². The lowest BCUT2D eigenvalue weighted by molar-refractivity contribution is -0.123. The predicted molar refractivity (Wildman–Crippen MR) is 83.3 cm³/mol. The van der Waals surface area contributed by atoms with Gasteiger partial charge in [0.15, 0.2) is 6.61 Å². The highest BCUT2D eigenvalue weighted by atomic mass is 35.5. The van der Waals surface area contributed by atoms with E-state index in [9.17, 15) is 9.90 Å². The molecule has 1 aromatic carbocycles. The van der Waals surface area contributed by atoms with Gasteiger partial charge >= 0.3 is 0 Å². The largest absolute Gasteiger partial charge is 0.482 e. The van der Waals surface area contributed by atoms with Crippen molar-refractivity contribution in [1.82, 2.24) is 5.32 Å². The third-order valence-corrected chi connectivity index (χ3v) is 3.39. The van der Waals surface area contributed by atoms with Crippen molar-refractivity contribution < 1.29 is 19.1 Å². The standard InChI is InChI=1S/C15H15Cl2NO4/c16-10-3-4-13(11(17)8-10)22-9-15(20)18-6-5-12(19)14-2-1-7-21-14/h1-4,7-8,12,19H,5-6,9H2,(H,18,20)/t12-/m0/s1. The summed E-state index contributed by atoms with van der Waals surface area (Å²) in [6.07, 6.45) is 1.09. The van der Waals surface area contributed by atoms with Crippen LogP contribution in [0.4, 0.5) is 0 Å². The second-order valence-electron chi connectivity index (χ2n) is 4.53. The molecule has 0 aliphatic rings. The third-order valence-electron chi connectivity index (χ3n) is 2.86. The Morgan fingerprint density at radius 2 is 2.18 bits per heavy atom. The Morgan fingerprint density at radius 3 is 2.86 bits per heavy atom. The second-order valence-corrected chi connectivity index (χ2v) is 5.38. The van der Waals surface area contributed by atoms with E-state index < -0.39 is 6.10 Å². The summed E-state index contributed by atoms with van der Waals surface area (Å²) in [7, 11) is 0. The Hall–Kier alpha value is -1.69. The number of nitrogens with one attached hydrogen (secondary N) is 1. The summed E-state index contributed by atoms with van der Waals surface area (Å²) < 4.78 is 10.4. The van der Waals surface area contributed by atoms with Crippen LogP contribution in [0.1, 0.15) is 18.3 Å². The molecule has 0 saturated heterocycles. The summed E-state index contributed by atoms with van der Waals surface area (Å²) in [6, 6.07) is 8.13. The fraction of sp³-hybridized carbons (Fsp3) is 0.267. The van der Waals surface area contributed by atoms with Crippen LogP contribution in [-0.2, 0) is 4.79 Å². The molecule has 0 radical (unpaired) electrons. The van der Waals surface area contributed by atoms with Crippen molar-refractivity contribution in [3.63, 3.8) is 0 Å². The zero-order valence-corrected chi connectivity index (χ0v) is 13.1. The number of carbonyl (C=O) groups excluding carboxylic acids is 1. The molecule has 2 rings (SSSR count). The first-order valence-corrected chi connectivity index (χ1v) is 7.38. The number of rotatable bonds is 7. The second kappa shape index (κ2) is 8.08. The van der Waals surface area contributed by atoms with E-state index in [4.69, 9.17) is 32.4 Å². The number of aliphatic hydroxyl groups excluding tert-OH is 1. The number of hydrogen-bond acceptors (Lipinski definition) is 4. The van der Waals surface area contributed by atoms with Crippen molar-refractivity contribution in [2.24, 2.45) is 0 Å². The Morgan fingerprint density at radius 1 is 1.36 bits per heavy atom. The van der Waals surface area contributed by atoms with E-state index in [0.29, 0.717) is 34.5 Å². The maximum absolute atomic E-state index is 11.7. The number of furan rings is 1. The lowest BCUT2D eigenvalue weighted by atomic mass is 10.2. The van der Waals surface area contributed by atoms with Crippen LogP contribution in [0.25, 0.3) is 0 Å². The van der Waals surface area contributed by atoms with Gasteiger partial charge in [-0.05, 0) is 36.8 Å². The summed E-state index contributed by atoms with van der Waals surface area (Å²) in [5, 5.41) is 13.3. The molecule has 2 aromatic rings. The molecule has 0 saturated carbocycles. The molecule has 0 aliphatic carbocycles. The molecule has 0 bridgehead atoms. The Labute approximate surface area is 137 Å². The van der Waals surface area contributed by atoms with Gasteiger partial charge in [-0.25, -0.2) is 0 Å². The highest BCUT2D eigenvalue weighted by Crippen LogP contribution is 2.27. The Kier molecular flexibility index (Phi) is 6.12. The highest BCUT2D eigenvalue weighted by molar-refractivity contribution is 6.35. The van der Waals surface area contributed by atoms with Gasteiger partial charge in [0.25, 0.3) is 5.91 Å². The fourth-order valence-corrected chi connectivity index (χ4v) is 2.22. The quantitative estimate of drug-likeness (QED) is 0.809. The Balaban J connectivity index is 1.70. The molecule has 1 amide bonds. The minimum atomic E-state index is -0.748. The van der Waals surface area contributed by atoms with Gasteiger partial charge in [-0.1, -0.05) is 23.2 Å². The highest BCUT2D eigenvalue weighted by Gasteiger charge is 2.11. The molecule has 1 aromatic heterocycles. The predicted octanol–water partition coefficient (Wildman–Crippen LogP) is 3.21. The van der Waals surface area contributed by atoms with Crippen molar-refractivity contribution in [3.05, 3.63) is 52.4 Å². The van der Waals surface area contributed by atoms with E-state index in [2.05, 4.69) is 5.32 Å². The van der Waals surface area contributed by atoms with Crippen molar-refractivity contribution in [2.45, 2.75) is 12.5 Å². The zero-order chi connectivity index (χ0) is 15.9. The summed E-state index contributed by atoms with van der Waals surface area (Å²) in [5.74, 6) is 0.549. The minimum Gasteiger partial charge on any atom is -0.482 e. The first kappa shape index (κ1) is 16.7. The van der Waals surface area contributed by atoms with Gasteiger partial charge in [0.05, 0.1) is 11.3 Å². The molecule has 22 heavy (non-hydrogen) atoms. The monoisotopic (exact) mass is 343 g/mol. The fourth-order valence-electron chi connectivity index (χ4n) is 1.76. The summed E-state index contributed by atoms with van der Waals surface area (Å²) in [4.78, 5) is 11.7. The molecule has 0 spiro atoms. The topological polar surface area (TPSA) is 71.7 Å². The van der Waals surface area contributed by atoms with Crippen LogP contribution >= 0.6 is 23.2 Å². The van der Waals surface area contributed by atoms with Gasteiger partial charge in [-0.15, -0.1) is 0 Å². The van der Waals surface area contributed by atoms with E-state index in [1.54, 1.807) is 24.3 Å². The summed E-state index contributed by atoms with van der Waals surface area (Å²) >= 11 is 11.7. The number of aliphatic hydroxyl groups is 1. The van der Waals surface area contributed by atoms with Gasteiger partial charge < -0.3 is 19.6 Å². The first-order chi connectivity index (χ1) is 10.6. The summed E-state index contributed by atoms with van der Waals surface area (Å²) in [5.41, 5.74) is 0. The Bertz CT molecular complexity index is 616. The van der Waals surface area contributed by atoms with E-state index in [-0.39, 0.29) is 12.5 Å². The van der Waals surface area contributed by atoms with Gasteiger partial charge in [-0.2, -0.15) is 0 Å². The molecule has 7 heteroatoms. The molecule has 0 fully saturated rings. The van der Waals surface area contributed by atoms with E-state index in [1.807, 2.05) is 0 Å². The smallest absolute Gasteiger partial charge is 0.257 e. The average Bonchev–Trinajstić information content (AvgIpc) is 3.00. The van der Waals surface area contributed by atoms with Gasteiger partial charge in [0.2, 0.25) is 0 Å². The van der Waals surface area contributed by atoms with Crippen molar-refractivity contribution in [1.29, 1.82) is 0 Å². The first-order valence-electron chi connectivity index (χ1n) is 6.62. The molecular formula is C15H15Cl2NO4. The van der Waals surface area contributed by atoms with Crippen LogP contribution in [0.3, 0.4) is 0 Å². The normalized spacial score (nSPS) is 12.0. The number of halogens is 2. The summed E-state index contributed by atoms with van der Waals surface area (Å²) in [6.45, 7) is 0.136. The number of carbonyl (C=O) groups is 1. The molecular weight excluding hydrogens is 329 g/mol. The van der Waals surface area contributed by atoms with E-state index in [1.165, 1.54) is 12.3 Å². The molecule has 2 N–H and O–H groups in total. The van der Waals surface area contributed by atoms with Crippen LogP contribution in [0, 0.1) is 0 Å². The van der Waals surface area contributed by atoms with Gasteiger partial charge in [0.1, 0.15) is 17.6 Å². The van der Waals surface area contributed by atoms with Crippen LogP contribution in [0.5, 0.6) is 5.75 Å². The lowest BCUT2D eigenvalue weighted by Crippen LogP contribution is -2.30. The average molecular weight is 344 g/mol. The molecule has 0 unspecified atom stereocenters. The lowest BCUT2D eigenvalue weighted by Gasteiger charge is -2.10. The molecule has 118 valence electrons. The number of benzene rings is 1. The minimum absolute atomic E-state index is 0.168. The maximum atomic E-state index is 11.7. The van der Waals surface area contributed by atoms with Gasteiger partial charge in [-0.3, -0.25) is 4.79 Å². The number of amides is 1. The maximum Gasteiger partial charge on any atom is 0.257 e. The number of ether oxygens (including phenoxy) is 1. The van der Waals surface area contributed by atoms with E-state index in [0.717, 1.165) is 0 Å².